The Morgan fingerprint density at radius 1 is 1.30 bits per heavy atom. The normalized spacial score (nSPS) is 22.6. The average molecular weight is 280 g/mol. The van der Waals surface area contributed by atoms with E-state index in [2.05, 4.69) is 6.92 Å². The number of carbonyl (C=O) groups is 2. The van der Waals surface area contributed by atoms with Gasteiger partial charge < -0.3 is 4.74 Å². The second-order valence-corrected chi connectivity index (χ2v) is 5.63. The van der Waals surface area contributed by atoms with Gasteiger partial charge in [-0.25, -0.2) is 0 Å². The molecule has 0 amide bonds. The maximum Gasteiger partial charge on any atom is 0.306 e. The Labute approximate surface area is 122 Å². The van der Waals surface area contributed by atoms with Gasteiger partial charge in [0.15, 0.2) is 0 Å². The van der Waals surface area contributed by atoms with E-state index in [4.69, 9.17) is 4.74 Å². The van der Waals surface area contributed by atoms with Gasteiger partial charge in [-0.05, 0) is 25.2 Å². The number of carbonyl (C=O) groups excluding carboxylic acids is 2. The van der Waals surface area contributed by atoms with Crippen molar-refractivity contribution in [2.45, 2.75) is 65.2 Å². The molecule has 0 N–H and O–H groups in total. The molecule has 1 rings (SSSR count). The van der Waals surface area contributed by atoms with Crippen LogP contribution in [0, 0.1) is 11.8 Å². The van der Waals surface area contributed by atoms with Gasteiger partial charge in [0.2, 0.25) is 0 Å². The Bertz CT molecular complexity index is 333. The summed E-state index contributed by atoms with van der Waals surface area (Å²) in [5, 5.41) is 0. The fourth-order valence-corrected chi connectivity index (χ4v) is 2.88. The molecule has 3 nitrogen and oxygen atoms in total. The van der Waals surface area contributed by atoms with Crippen LogP contribution >= 0.6 is 0 Å². The zero-order valence-corrected chi connectivity index (χ0v) is 12.9. The molecule has 0 radical (unpaired) electrons. The van der Waals surface area contributed by atoms with Crippen LogP contribution in [-0.4, -0.2) is 18.4 Å². The number of ether oxygens (including phenoxy) is 1. The average Bonchev–Trinajstić information content (AvgIpc) is 2.77. The predicted octanol–water partition coefficient (Wildman–Crippen LogP) is 4.06. The number of ketones is 1. The Morgan fingerprint density at radius 3 is 2.80 bits per heavy atom. The third-order valence-corrected chi connectivity index (χ3v) is 4.03. The maximum atomic E-state index is 11.9. The van der Waals surface area contributed by atoms with Crippen LogP contribution in [0.25, 0.3) is 0 Å². The topological polar surface area (TPSA) is 43.4 Å². The molecule has 0 aromatic heterocycles. The smallest absolute Gasteiger partial charge is 0.306 e. The SMILES string of the molecule is CCC=CCOC(=O)CC1CCC(=O)C1CCCCC. The van der Waals surface area contributed by atoms with E-state index >= 15 is 0 Å². The van der Waals surface area contributed by atoms with Gasteiger partial charge in [-0.1, -0.05) is 45.3 Å². The minimum atomic E-state index is -0.161. The molecule has 0 spiro atoms. The quantitative estimate of drug-likeness (QED) is 0.363. The predicted molar refractivity (Wildman–Crippen MR) is 80.4 cm³/mol. The van der Waals surface area contributed by atoms with Crippen LogP contribution in [0.3, 0.4) is 0 Å². The molecule has 1 saturated carbocycles. The van der Waals surface area contributed by atoms with E-state index < -0.39 is 0 Å². The highest BCUT2D eigenvalue weighted by Gasteiger charge is 2.35. The van der Waals surface area contributed by atoms with Crippen molar-refractivity contribution in [2.75, 3.05) is 6.61 Å². The lowest BCUT2D eigenvalue weighted by molar-refractivity contribution is -0.143. The minimum Gasteiger partial charge on any atom is -0.461 e. The van der Waals surface area contributed by atoms with Gasteiger partial charge in [0, 0.05) is 18.8 Å². The molecule has 0 saturated heterocycles. The molecule has 0 bridgehead atoms. The summed E-state index contributed by atoms with van der Waals surface area (Å²) in [6.07, 6.45) is 11.1. The van der Waals surface area contributed by atoms with E-state index in [0.29, 0.717) is 25.2 Å². The lowest BCUT2D eigenvalue weighted by Crippen LogP contribution is -2.19. The number of allylic oxidation sites excluding steroid dienone is 1. The van der Waals surface area contributed by atoms with Gasteiger partial charge in [0.1, 0.15) is 12.4 Å². The molecule has 0 aliphatic heterocycles. The lowest BCUT2D eigenvalue weighted by Gasteiger charge is -2.17. The fourth-order valence-electron chi connectivity index (χ4n) is 2.88. The molecule has 0 aromatic carbocycles. The van der Waals surface area contributed by atoms with Crippen molar-refractivity contribution < 1.29 is 14.3 Å². The molecule has 20 heavy (non-hydrogen) atoms. The molecular formula is C17H28O3. The summed E-state index contributed by atoms with van der Waals surface area (Å²) < 4.78 is 5.18. The number of esters is 1. The first-order valence-corrected chi connectivity index (χ1v) is 8.02. The Hall–Kier alpha value is -1.12. The Balaban J connectivity index is 2.34. The van der Waals surface area contributed by atoms with E-state index in [0.717, 1.165) is 32.1 Å². The molecule has 1 aliphatic rings. The summed E-state index contributed by atoms with van der Waals surface area (Å²) in [7, 11) is 0. The van der Waals surface area contributed by atoms with Crippen molar-refractivity contribution in [2.24, 2.45) is 11.8 Å². The minimum absolute atomic E-state index is 0.0975. The lowest BCUT2D eigenvalue weighted by atomic mass is 9.88. The highest BCUT2D eigenvalue weighted by Crippen LogP contribution is 2.35. The molecule has 3 heteroatoms. The van der Waals surface area contributed by atoms with E-state index in [1.54, 1.807) is 0 Å². The third-order valence-electron chi connectivity index (χ3n) is 4.03. The van der Waals surface area contributed by atoms with Crippen molar-refractivity contribution in [1.29, 1.82) is 0 Å². The molecule has 2 atom stereocenters. The largest absolute Gasteiger partial charge is 0.461 e. The van der Waals surface area contributed by atoms with Crippen LogP contribution in [-0.2, 0) is 14.3 Å². The van der Waals surface area contributed by atoms with Crippen molar-refractivity contribution >= 4 is 11.8 Å². The van der Waals surface area contributed by atoms with E-state index in [1.807, 2.05) is 19.1 Å². The highest BCUT2D eigenvalue weighted by molar-refractivity contribution is 5.84. The van der Waals surface area contributed by atoms with Crippen LogP contribution in [0.1, 0.15) is 65.2 Å². The van der Waals surface area contributed by atoms with Crippen LogP contribution in [0.4, 0.5) is 0 Å². The molecule has 0 heterocycles. The van der Waals surface area contributed by atoms with E-state index in [1.165, 1.54) is 6.42 Å². The van der Waals surface area contributed by atoms with Crippen LogP contribution in [0.2, 0.25) is 0 Å². The molecular weight excluding hydrogens is 252 g/mol. The van der Waals surface area contributed by atoms with Gasteiger partial charge in [-0.2, -0.15) is 0 Å². The molecule has 0 aromatic rings. The van der Waals surface area contributed by atoms with Crippen LogP contribution < -0.4 is 0 Å². The van der Waals surface area contributed by atoms with Crippen molar-refractivity contribution in [3.8, 4) is 0 Å². The second-order valence-electron chi connectivity index (χ2n) is 5.63. The van der Waals surface area contributed by atoms with Gasteiger partial charge in [-0.15, -0.1) is 0 Å². The van der Waals surface area contributed by atoms with Gasteiger partial charge in [-0.3, -0.25) is 9.59 Å². The van der Waals surface area contributed by atoms with Gasteiger partial charge >= 0.3 is 5.97 Å². The van der Waals surface area contributed by atoms with Crippen molar-refractivity contribution in [3.05, 3.63) is 12.2 Å². The molecule has 1 aliphatic carbocycles. The molecule has 2 unspecified atom stereocenters. The third kappa shape index (κ3) is 5.89. The summed E-state index contributed by atoms with van der Waals surface area (Å²) in [4.78, 5) is 23.7. The number of Topliss-reactive ketones (excluding diaryl/α,β-unsaturated/α-hetero) is 1. The Kier molecular flexibility index (Phi) is 8.24. The monoisotopic (exact) mass is 280 g/mol. The first kappa shape index (κ1) is 16.9. The fraction of sp³-hybridized carbons (Fsp3) is 0.765. The summed E-state index contributed by atoms with van der Waals surface area (Å²) >= 11 is 0. The van der Waals surface area contributed by atoms with Gasteiger partial charge in [0.05, 0.1) is 0 Å². The zero-order valence-electron chi connectivity index (χ0n) is 12.9. The number of unbranched alkanes of at least 4 members (excludes halogenated alkanes) is 2. The van der Waals surface area contributed by atoms with E-state index in [-0.39, 0.29) is 17.8 Å². The number of hydrogen-bond acceptors (Lipinski definition) is 3. The molecule has 114 valence electrons. The maximum absolute atomic E-state index is 11.9. The number of hydrogen-bond donors (Lipinski definition) is 0. The molecule has 1 fully saturated rings. The highest BCUT2D eigenvalue weighted by atomic mass is 16.5. The standard InChI is InChI=1S/C17H28O3/c1-3-5-7-9-15-14(10-11-16(15)18)13-17(19)20-12-8-6-4-2/h6,8,14-15H,3-5,7,9-13H2,1-2H3. The number of rotatable bonds is 9. The van der Waals surface area contributed by atoms with Crippen LogP contribution in [0.5, 0.6) is 0 Å². The van der Waals surface area contributed by atoms with Gasteiger partial charge in [0.25, 0.3) is 0 Å². The van der Waals surface area contributed by atoms with E-state index in [9.17, 15) is 9.59 Å². The van der Waals surface area contributed by atoms with Crippen molar-refractivity contribution in [1.82, 2.24) is 0 Å². The first-order valence-electron chi connectivity index (χ1n) is 8.02. The zero-order chi connectivity index (χ0) is 14.8. The first-order chi connectivity index (χ1) is 9.69. The summed E-state index contributed by atoms with van der Waals surface area (Å²) in [6.45, 7) is 4.56. The second kappa shape index (κ2) is 9.73. The van der Waals surface area contributed by atoms with Crippen molar-refractivity contribution in [3.63, 3.8) is 0 Å². The summed E-state index contributed by atoms with van der Waals surface area (Å²) in [5.41, 5.74) is 0. The van der Waals surface area contributed by atoms with Crippen LogP contribution in [0.15, 0.2) is 12.2 Å². The summed E-state index contributed by atoms with van der Waals surface area (Å²) in [5.74, 6) is 0.498. The summed E-state index contributed by atoms with van der Waals surface area (Å²) in [6, 6.07) is 0. The Morgan fingerprint density at radius 2 is 2.10 bits per heavy atom.